The van der Waals surface area contributed by atoms with E-state index >= 15 is 0 Å². The fraction of sp³-hybridized carbons (Fsp3) is 0. The third-order valence-electron chi connectivity index (χ3n) is 3.75. The molecule has 4 aromatic rings. The molecule has 4 rings (SSSR count). The van der Waals surface area contributed by atoms with E-state index in [4.69, 9.17) is 4.74 Å². The Bertz CT molecular complexity index is 1080. The first-order valence-electron chi connectivity index (χ1n) is 7.90. The summed E-state index contributed by atoms with van der Waals surface area (Å²) in [5, 5.41) is 15.3. The van der Waals surface area contributed by atoms with Crippen LogP contribution in [0.3, 0.4) is 0 Å². The second-order valence-electron chi connectivity index (χ2n) is 5.56. The second-order valence-corrected chi connectivity index (χ2v) is 6.51. The highest BCUT2D eigenvalue weighted by atomic mass is 32.1. The lowest BCUT2D eigenvalue weighted by Gasteiger charge is -2.10. The molecule has 2 aromatic carbocycles. The molecule has 0 unspecified atom stereocenters. The Morgan fingerprint density at radius 2 is 1.81 bits per heavy atom. The van der Waals surface area contributed by atoms with Gasteiger partial charge in [0.1, 0.15) is 17.3 Å². The van der Waals surface area contributed by atoms with Crippen molar-refractivity contribution in [2.45, 2.75) is 0 Å². The minimum absolute atomic E-state index is 0.0131. The van der Waals surface area contributed by atoms with Crippen molar-refractivity contribution in [3.63, 3.8) is 0 Å². The minimum Gasteiger partial charge on any atom is -0.477 e. The van der Waals surface area contributed by atoms with Crippen LogP contribution in [0.5, 0.6) is 11.5 Å². The molecule has 0 aliphatic carbocycles. The largest absolute Gasteiger partial charge is 0.477 e. The molecule has 0 spiro atoms. The van der Waals surface area contributed by atoms with Gasteiger partial charge in [-0.25, -0.2) is 9.78 Å². The summed E-state index contributed by atoms with van der Waals surface area (Å²) in [5.74, 6) is 0.885. The first-order valence-corrected chi connectivity index (χ1v) is 8.78. The van der Waals surface area contributed by atoms with Gasteiger partial charge in [-0.1, -0.05) is 24.3 Å². The summed E-state index contributed by atoms with van der Waals surface area (Å²) in [4.78, 5) is 15.6. The number of ether oxygens (including phenoxy) is 1. The van der Waals surface area contributed by atoms with Crippen LogP contribution in [-0.2, 0) is 0 Å². The molecular weight excluding hydrogens is 348 g/mol. The van der Waals surface area contributed by atoms with Crippen LogP contribution in [0.1, 0.15) is 10.5 Å². The molecule has 0 amide bonds. The van der Waals surface area contributed by atoms with Crippen LogP contribution < -0.4 is 10.1 Å². The zero-order valence-corrected chi connectivity index (χ0v) is 14.4. The van der Waals surface area contributed by atoms with Gasteiger partial charge in [0.2, 0.25) is 0 Å². The molecule has 0 aliphatic heterocycles. The SMILES string of the molecule is O=C(O)c1cc2sccc2c(Nc2cccc(Oc3ccccc3)c2)n1. The zero-order valence-electron chi connectivity index (χ0n) is 13.5. The van der Waals surface area contributed by atoms with E-state index in [0.717, 1.165) is 21.5 Å². The number of rotatable bonds is 5. The van der Waals surface area contributed by atoms with Crippen LogP contribution in [0.15, 0.2) is 72.1 Å². The van der Waals surface area contributed by atoms with E-state index in [1.165, 1.54) is 11.3 Å². The lowest BCUT2D eigenvalue weighted by Crippen LogP contribution is -2.03. The molecule has 2 heterocycles. The number of thiophene rings is 1. The Balaban J connectivity index is 1.65. The van der Waals surface area contributed by atoms with E-state index in [2.05, 4.69) is 10.3 Å². The van der Waals surface area contributed by atoms with Crippen molar-refractivity contribution < 1.29 is 14.6 Å². The highest BCUT2D eigenvalue weighted by Crippen LogP contribution is 2.31. The van der Waals surface area contributed by atoms with Crippen LogP contribution in [0.25, 0.3) is 10.1 Å². The van der Waals surface area contributed by atoms with Gasteiger partial charge in [-0.3, -0.25) is 0 Å². The number of para-hydroxylation sites is 1. The molecule has 0 bridgehead atoms. The molecule has 5 nitrogen and oxygen atoms in total. The molecule has 2 N–H and O–H groups in total. The van der Waals surface area contributed by atoms with E-state index in [9.17, 15) is 9.90 Å². The Morgan fingerprint density at radius 3 is 2.62 bits per heavy atom. The van der Waals surface area contributed by atoms with Crippen molar-refractivity contribution in [1.29, 1.82) is 0 Å². The molecule has 6 heteroatoms. The van der Waals surface area contributed by atoms with Gasteiger partial charge in [-0.2, -0.15) is 0 Å². The fourth-order valence-corrected chi connectivity index (χ4v) is 3.39. The van der Waals surface area contributed by atoms with Gasteiger partial charge in [0.15, 0.2) is 5.69 Å². The topological polar surface area (TPSA) is 71.5 Å². The van der Waals surface area contributed by atoms with Gasteiger partial charge >= 0.3 is 5.97 Å². The standard InChI is InChI=1S/C20H14N2O3S/c23-20(24)17-12-18-16(9-10-26-18)19(22-17)21-13-5-4-8-15(11-13)25-14-6-2-1-3-7-14/h1-12H,(H,21,22)(H,23,24). The molecule has 128 valence electrons. The molecule has 0 saturated heterocycles. The van der Waals surface area contributed by atoms with Gasteiger partial charge in [0.25, 0.3) is 0 Å². The predicted molar refractivity (Wildman–Crippen MR) is 103 cm³/mol. The molecule has 0 atom stereocenters. The first kappa shape index (κ1) is 16.1. The van der Waals surface area contributed by atoms with Crippen LogP contribution in [0.2, 0.25) is 0 Å². The van der Waals surface area contributed by atoms with Crippen LogP contribution >= 0.6 is 11.3 Å². The maximum Gasteiger partial charge on any atom is 0.354 e. The van der Waals surface area contributed by atoms with E-state index < -0.39 is 5.97 Å². The number of nitrogens with one attached hydrogen (secondary N) is 1. The number of benzene rings is 2. The summed E-state index contributed by atoms with van der Waals surface area (Å²) in [5.41, 5.74) is 0.778. The Hall–Kier alpha value is -3.38. The number of carboxylic acid groups (broad SMARTS) is 1. The lowest BCUT2D eigenvalue weighted by molar-refractivity contribution is 0.0691. The van der Waals surface area contributed by atoms with Crippen molar-refractivity contribution in [1.82, 2.24) is 4.98 Å². The number of aromatic nitrogens is 1. The average molecular weight is 362 g/mol. The van der Waals surface area contributed by atoms with Crippen molar-refractivity contribution >= 4 is 38.9 Å². The highest BCUT2D eigenvalue weighted by Gasteiger charge is 2.12. The number of carbonyl (C=O) groups is 1. The number of pyridine rings is 1. The monoisotopic (exact) mass is 362 g/mol. The molecule has 2 aromatic heterocycles. The van der Waals surface area contributed by atoms with Gasteiger partial charge in [0.05, 0.1) is 0 Å². The summed E-state index contributed by atoms with van der Waals surface area (Å²) < 4.78 is 6.71. The summed E-state index contributed by atoms with van der Waals surface area (Å²) in [6.07, 6.45) is 0. The first-order chi connectivity index (χ1) is 12.7. The van der Waals surface area contributed by atoms with Crippen molar-refractivity contribution in [3.05, 3.63) is 77.8 Å². The van der Waals surface area contributed by atoms with Crippen molar-refractivity contribution in [2.24, 2.45) is 0 Å². The Labute approximate surface area is 153 Å². The highest BCUT2D eigenvalue weighted by molar-refractivity contribution is 7.17. The van der Waals surface area contributed by atoms with Gasteiger partial charge in [-0.05, 0) is 41.8 Å². The second kappa shape index (κ2) is 6.85. The third-order valence-corrected chi connectivity index (χ3v) is 4.61. The van der Waals surface area contributed by atoms with E-state index in [1.807, 2.05) is 66.0 Å². The molecule has 0 fully saturated rings. The van der Waals surface area contributed by atoms with E-state index in [-0.39, 0.29) is 5.69 Å². The lowest BCUT2D eigenvalue weighted by atomic mass is 10.2. The number of hydrogen-bond donors (Lipinski definition) is 2. The normalized spacial score (nSPS) is 10.6. The van der Waals surface area contributed by atoms with Gasteiger partial charge < -0.3 is 15.2 Å². The number of aromatic carboxylic acids is 1. The van der Waals surface area contributed by atoms with Crippen molar-refractivity contribution in [2.75, 3.05) is 5.32 Å². The quantitative estimate of drug-likeness (QED) is 0.488. The van der Waals surface area contributed by atoms with Crippen LogP contribution in [0.4, 0.5) is 11.5 Å². The number of fused-ring (bicyclic) bond motifs is 1. The molecule has 0 radical (unpaired) electrons. The smallest absolute Gasteiger partial charge is 0.354 e. The average Bonchev–Trinajstić information content (AvgIpc) is 3.12. The Kier molecular flexibility index (Phi) is 4.25. The molecule has 26 heavy (non-hydrogen) atoms. The summed E-state index contributed by atoms with van der Waals surface area (Å²) in [6, 6.07) is 20.5. The van der Waals surface area contributed by atoms with E-state index in [1.54, 1.807) is 6.07 Å². The maximum atomic E-state index is 11.3. The number of nitrogens with zero attached hydrogens (tertiary/aromatic N) is 1. The Morgan fingerprint density at radius 1 is 1.00 bits per heavy atom. The summed E-state index contributed by atoms with van der Waals surface area (Å²) in [6.45, 7) is 0. The third kappa shape index (κ3) is 3.36. The zero-order chi connectivity index (χ0) is 17.9. The van der Waals surface area contributed by atoms with Gasteiger partial charge in [-0.15, -0.1) is 11.3 Å². The molecule has 0 saturated carbocycles. The summed E-state index contributed by atoms with van der Waals surface area (Å²) in [7, 11) is 0. The van der Waals surface area contributed by atoms with Crippen LogP contribution in [0, 0.1) is 0 Å². The fourth-order valence-electron chi connectivity index (χ4n) is 2.57. The van der Waals surface area contributed by atoms with Crippen LogP contribution in [-0.4, -0.2) is 16.1 Å². The number of anilines is 2. The molecular formula is C20H14N2O3S. The van der Waals surface area contributed by atoms with E-state index in [0.29, 0.717) is 11.6 Å². The molecule has 0 aliphatic rings. The number of hydrogen-bond acceptors (Lipinski definition) is 5. The summed E-state index contributed by atoms with van der Waals surface area (Å²) >= 11 is 1.48. The van der Waals surface area contributed by atoms with Gasteiger partial charge in [0, 0.05) is 21.8 Å². The van der Waals surface area contributed by atoms with Crippen molar-refractivity contribution in [3.8, 4) is 11.5 Å². The number of carboxylic acids is 1. The predicted octanol–water partition coefficient (Wildman–Crippen LogP) is 5.53. The minimum atomic E-state index is -1.05. The maximum absolute atomic E-state index is 11.3.